The summed E-state index contributed by atoms with van der Waals surface area (Å²) in [5, 5.41) is 17.5. The monoisotopic (exact) mass is 216 g/mol. The Morgan fingerprint density at radius 3 is 2.60 bits per heavy atom. The fraction of sp³-hybridized carbons (Fsp3) is 0.300. The SMILES string of the molecule is CC(Cc1ccc(F)c(O)c1F)C(=O)O. The number of halogens is 2. The summed E-state index contributed by atoms with van der Waals surface area (Å²) in [5.74, 6) is -5.07. The van der Waals surface area contributed by atoms with Crippen molar-refractivity contribution < 1.29 is 23.8 Å². The minimum atomic E-state index is -1.09. The van der Waals surface area contributed by atoms with Crippen LogP contribution in [-0.4, -0.2) is 16.2 Å². The van der Waals surface area contributed by atoms with Gasteiger partial charge in [0.15, 0.2) is 17.4 Å². The molecule has 0 amide bonds. The van der Waals surface area contributed by atoms with Crippen LogP contribution in [0, 0.1) is 17.6 Å². The summed E-state index contributed by atoms with van der Waals surface area (Å²) in [5.41, 5.74) is -0.0104. The number of carboxylic acids is 1. The van der Waals surface area contributed by atoms with E-state index in [1.807, 2.05) is 0 Å². The van der Waals surface area contributed by atoms with Gasteiger partial charge in [-0.15, -0.1) is 0 Å². The number of carbonyl (C=O) groups is 1. The molecule has 0 spiro atoms. The second-order valence-electron chi connectivity index (χ2n) is 3.31. The predicted molar refractivity (Wildman–Crippen MR) is 48.5 cm³/mol. The number of aliphatic carboxylic acids is 1. The molecule has 0 aliphatic rings. The van der Waals surface area contributed by atoms with Crippen LogP contribution in [-0.2, 0) is 11.2 Å². The quantitative estimate of drug-likeness (QED) is 0.811. The zero-order chi connectivity index (χ0) is 11.6. The van der Waals surface area contributed by atoms with Crippen molar-refractivity contribution in [2.75, 3.05) is 0 Å². The third-order valence-electron chi connectivity index (χ3n) is 2.09. The number of hydrogen-bond donors (Lipinski definition) is 2. The standard InChI is InChI=1S/C10H10F2O3/c1-5(10(14)15)4-6-2-3-7(11)9(13)8(6)12/h2-3,5,13H,4H2,1H3,(H,14,15). The van der Waals surface area contributed by atoms with Crippen LogP contribution in [0.25, 0.3) is 0 Å². The van der Waals surface area contributed by atoms with Crippen LogP contribution in [0.2, 0.25) is 0 Å². The van der Waals surface area contributed by atoms with Gasteiger partial charge < -0.3 is 10.2 Å². The summed E-state index contributed by atoms with van der Waals surface area (Å²) in [7, 11) is 0. The van der Waals surface area contributed by atoms with Crippen molar-refractivity contribution in [3.8, 4) is 5.75 Å². The lowest BCUT2D eigenvalue weighted by Gasteiger charge is -2.08. The maximum Gasteiger partial charge on any atom is 0.306 e. The lowest BCUT2D eigenvalue weighted by molar-refractivity contribution is -0.141. The first-order chi connectivity index (χ1) is 6.93. The van der Waals surface area contributed by atoms with Crippen LogP contribution < -0.4 is 0 Å². The molecule has 0 radical (unpaired) electrons. The van der Waals surface area contributed by atoms with E-state index in [4.69, 9.17) is 10.2 Å². The second kappa shape index (κ2) is 4.25. The van der Waals surface area contributed by atoms with Gasteiger partial charge in [0.25, 0.3) is 0 Å². The van der Waals surface area contributed by atoms with Crippen LogP contribution in [0.3, 0.4) is 0 Å². The van der Waals surface area contributed by atoms with Crippen molar-refractivity contribution in [2.24, 2.45) is 5.92 Å². The highest BCUT2D eigenvalue weighted by Gasteiger charge is 2.17. The average Bonchev–Trinajstić information content (AvgIpc) is 2.18. The Bertz CT molecular complexity index is 390. The van der Waals surface area contributed by atoms with Gasteiger partial charge in [0.1, 0.15) is 0 Å². The first-order valence-electron chi connectivity index (χ1n) is 4.32. The third kappa shape index (κ3) is 2.43. The van der Waals surface area contributed by atoms with E-state index < -0.39 is 29.3 Å². The van der Waals surface area contributed by atoms with Crippen molar-refractivity contribution in [3.05, 3.63) is 29.3 Å². The molecule has 0 bridgehead atoms. The summed E-state index contributed by atoms with van der Waals surface area (Å²) < 4.78 is 25.9. The topological polar surface area (TPSA) is 57.5 Å². The molecule has 1 atom stereocenters. The number of phenols is 1. The lowest BCUT2D eigenvalue weighted by atomic mass is 10.0. The lowest BCUT2D eigenvalue weighted by Crippen LogP contribution is -2.13. The normalized spacial score (nSPS) is 12.5. The minimum absolute atomic E-state index is 0.0104. The van der Waals surface area contributed by atoms with Gasteiger partial charge in [-0.3, -0.25) is 4.79 Å². The van der Waals surface area contributed by atoms with Gasteiger partial charge in [-0.05, 0) is 18.1 Å². The highest BCUT2D eigenvalue weighted by Crippen LogP contribution is 2.24. The Labute approximate surface area is 85.0 Å². The first-order valence-corrected chi connectivity index (χ1v) is 4.32. The first kappa shape index (κ1) is 11.4. The van der Waals surface area contributed by atoms with Crippen molar-refractivity contribution in [1.29, 1.82) is 0 Å². The van der Waals surface area contributed by atoms with Gasteiger partial charge in [-0.1, -0.05) is 13.0 Å². The van der Waals surface area contributed by atoms with Crippen LogP contribution >= 0.6 is 0 Å². The smallest absolute Gasteiger partial charge is 0.306 e. The molecule has 0 aliphatic heterocycles. The molecular formula is C10H10F2O3. The van der Waals surface area contributed by atoms with Crippen LogP contribution in [0.15, 0.2) is 12.1 Å². The van der Waals surface area contributed by atoms with Crippen LogP contribution in [0.4, 0.5) is 8.78 Å². The average molecular weight is 216 g/mol. The Balaban J connectivity index is 2.97. The summed E-state index contributed by atoms with van der Waals surface area (Å²) in [6, 6.07) is 2.03. The molecule has 0 heterocycles. The van der Waals surface area contributed by atoms with Gasteiger partial charge in [-0.25, -0.2) is 8.78 Å². The molecule has 0 fully saturated rings. The highest BCUT2D eigenvalue weighted by atomic mass is 19.1. The second-order valence-corrected chi connectivity index (χ2v) is 3.31. The number of hydrogen-bond acceptors (Lipinski definition) is 2. The van der Waals surface area contributed by atoms with Crippen molar-refractivity contribution >= 4 is 5.97 Å². The summed E-state index contributed by atoms with van der Waals surface area (Å²) in [6.07, 6.45) is -0.0883. The Morgan fingerprint density at radius 1 is 1.47 bits per heavy atom. The molecule has 5 heteroatoms. The number of aromatic hydroxyl groups is 1. The number of rotatable bonds is 3. The molecule has 1 unspecified atom stereocenters. The van der Waals surface area contributed by atoms with E-state index in [9.17, 15) is 13.6 Å². The molecule has 1 aromatic rings. The maximum absolute atomic E-state index is 13.2. The molecule has 15 heavy (non-hydrogen) atoms. The van der Waals surface area contributed by atoms with Gasteiger partial charge >= 0.3 is 5.97 Å². The Kier molecular flexibility index (Phi) is 3.24. The molecule has 0 aliphatic carbocycles. The van der Waals surface area contributed by atoms with Gasteiger partial charge in [0.2, 0.25) is 0 Å². The fourth-order valence-electron chi connectivity index (χ4n) is 1.16. The predicted octanol–water partition coefficient (Wildman–Crippen LogP) is 1.93. The Hall–Kier alpha value is -1.65. The minimum Gasteiger partial charge on any atom is -0.503 e. The van der Waals surface area contributed by atoms with Crippen LogP contribution in [0.1, 0.15) is 12.5 Å². The molecule has 82 valence electrons. The van der Waals surface area contributed by atoms with Crippen LogP contribution in [0.5, 0.6) is 5.75 Å². The zero-order valence-corrected chi connectivity index (χ0v) is 8.00. The van der Waals surface area contributed by atoms with Gasteiger partial charge in [0, 0.05) is 0 Å². The molecule has 3 nitrogen and oxygen atoms in total. The van der Waals surface area contributed by atoms with Gasteiger partial charge in [-0.2, -0.15) is 0 Å². The van der Waals surface area contributed by atoms with Gasteiger partial charge in [0.05, 0.1) is 5.92 Å². The number of carboxylic acid groups (broad SMARTS) is 1. The van der Waals surface area contributed by atoms with E-state index in [-0.39, 0.29) is 12.0 Å². The molecule has 0 saturated heterocycles. The number of benzene rings is 1. The van der Waals surface area contributed by atoms with E-state index in [0.717, 1.165) is 12.1 Å². The van der Waals surface area contributed by atoms with E-state index in [2.05, 4.69) is 0 Å². The molecule has 0 aromatic heterocycles. The van der Waals surface area contributed by atoms with E-state index in [0.29, 0.717) is 0 Å². The van der Waals surface area contributed by atoms with E-state index >= 15 is 0 Å². The molecule has 0 saturated carbocycles. The number of phenolic OH excluding ortho intramolecular Hbond substituents is 1. The molecule has 1 rings (SSSR count). The summed E-state index contributed by atoms with van der Waals surface area (Å²) >= 11 is 0. The summed E-state index contributed by atoms with van der Waals surface area (Å²) in [4.78, 5) is 10.5. The molecular weight excluding hydrogens is 206 g/mol. The molecule has 2 N–H and O–H groups in total. The van der Waals surface area contributed by atoms with E-state index in [1.54, 1.807) is 0 Å². The largest absolute Gasteiger partial charge is 0.503 e. The third-order valence-corrected chi connectivity index (χ3v) is 2.09. The Morgan fingerprint density at radius 2 is 2.07 bits per heavy atom. The van der Waals surface area contributed by atoms with Crippen molar-refractivity contribution in [1.82, 2.24) is 0 Å². The summed E-state index contributed by atoms with van der Waals surface area (Å²) in [6.45, 7) is 1.40. The van der Waals surface area contributed by atoms with E-state index in [1.165, 1.54) is 6.92 Å². The molecule has 1 aromatic carbocycles. The van der Waals surface area contributed by atoms with Crippen molar-refractivity contribution in [3.63, 3.8) is 0 Å². The fourth-order valence-corrected chi connectivity index (χ4v) is 1.16. The highest BCUT2D eigenvalue weighted by molar-refractivity contribution is 5.69. The van der Waals surface area contributed by atoms with Crippen molar-refractivity contribution in [2.45, 2.75) is 13.3 Å². The zero-order valence-electron chi connectivity index (χ0n) is 8.00. The maximum atomic E-state index is 13.2.